The van der Waals surface area contributed by atoms with Crippen molar-refractivity contribution in [2.75, 3.05) is 6.26 Å². The minimum Gasteiger partial charge on any atom is -0.311 e. The van der Waals surface area contributed by atoms with Crippen LogP contribution in [0, 0.1) is 5.41 Å². The Bertz CT molecular complexity index is 361. The number of sulfone groups is 1. The molecule has 3 atom stereocenters. The first kappa shape index (κ1) is 12.4. The summed E-state index contributed by atoms with van der Waals surface area (Å²) in [5.41, 5.74) is 0.429. The van der Waals surface area contributed by atoms with Gasteiger partial charge in [0.15, 0.2) is 0 Å². The molecule has 94 valence electrons. The number of hydrogen-bond acceptors (Lipinski definition) is 3. The average molecular weight is 245 g/mol. The Kier molecular flexibility index (Phi) is 3.08. The molecule has 0 heterocycles. The first-order valence-electron chi connectivity index (χ1n) is 6.24. The predicted molar refractivity (Wildman–Crippen MR) is 66.2 cm³/mol. The Morgan fingerprint density at radius 2 is 1.88 bits per heavy atom. The molecule has 0 radical (unpaired) electrons. The summed E-state index contributed by atoms with van der Waals surface area (Å²) in [6.07, 6.45) is 6.45. The first-order valence-corrected chi connectivity index (χ1v) is 8.19. The number of rotatable bonds is 3. The van der Waals surface area contributed by atoms with E-state index >= 15 is 0 Å². The van der Waals surface area contributed by atoms with Crippen molar-refractivity contribution in [3.63, 3.8) is 0 Å². The van der Waals surface area contributed by atoms with E-state index in [1.807, 2.05) is 0 Å². The molecule has 4 heteroatoms. The summed E-state index contributed by atoms with van der Waals surface area (Å²) in [6.45, 7) is 4.53. The lowest BCUT2D eigenvalue weighted by Gasteiger charge is -2.29. The molecule has 2 aliphatic rings. The second-order valence-electron chi connectivity index (χ2n) is 6.23. The Morgan fingerprint density at radius 3 is 2.38 bits per heavy atom. The molecule has 0 amide bonds. The molecule has 3 unspecified atom stereocenters. The van der Waals surface area contributed by atoms with Crippen LogP contribution in [-0.4, -0.2) is 32.0 Å². The Balaban J connectivity index is 1.88. The summed E-state index contributed by atoms with van der Waals surface area (Å²) in [4.78, 5) is 0. The van der Waals surface area contributed by atoms with Crippen molar-refractivity contribution in [2.24, 2.45) is 5.41 Å². The molecule has 2 aliphatic carbocycles. The van der Waals surface area contributed by atoms with Gasteiger partial charge in [-0.1, -0.05) is 20.3 Å². The maximum Gasteiger partial charge on any atom is 0.150 e. The van der Waals surface area contributed by atoms with Crippen molar-refractivity contribution in [1.29, 1.82) is 0 Å². The summed E-state index contributed by atoms with van der Waals surface area (Å²) < 4.78 is 23.1. The van der Waals surface area contributed by atoms with Gasteiger partial charge in [-0.2, -0.15) is 0 Å². The molecular formula is C12H23NO2S. The fourth-order valence-electron chi connectivity index (χ4n) is 2.72. The van der Waals surface area contributed by atoms with Crippen LogP contribution >= 0.6 is 0 Å². The highest BCUT2D eigenvalue weighted by Crippen LogP contribution is 2.45. The van der Waals surface area contributed by atoms with E-state index < -0.39 is 9.84 Å². The largest absolute Gasteiger partial charge is 0.311 e. The van der Waals surface area contributed by atoms with Gasteiger partial charge >= 0.3 is 0 Å². The van der Waals surface area contributed by atoms with Gasteiger partial charge in [0, 0.05) is 18.3 Å². The maximum atomic E-state index is 11.5. The van der Waals surface area contributed by atoms with Gasteiger partial charge in [0.25, 0.3) is 0 Å². The number of hydrogen-bond donors (Lipinski definition) is 1. The smallest absolute Gasteiger partial charge is 0.150 e. The molecule has 0 spiro atoms. The van der Waals surface area contributed by atoms with Gasteiger partial charge < -0.3 is 5.32 Å². The summed E-state index contributed by atoms with van der Waals surface area (Å²) in [6, 6.07) is 1.02. The molecule has 0 aromatic heterocycles. The standard InChI is InChI=1S/C12H23NO2S/c1-12(2)8-11(12)13-9-5-4-6-10(7-9)16(3,14)15/h9-11,13H,4-8H2,1-3H3. The first-order chi connectivity index (χ1) is 7.29. The van der Waals surface area contributed by atoms with E-state index in [2.05, 4.69) is 19.2 Å². The van der Waals surface area contributed by atoms with Crippen molar-refractivity contribution < 1.29 is 8.42 Å². The lowest BCUT2D eigenvalue weighted by molar-refractivity contribution is 0.355. The molecule has 0 aromatic carbocycles. The SMILES string of the molecule is CC1(C)CC1NC1CCCC(S(C)(=O)=O)C1. The Morgan fingerprint density at radius 1 is 1.25 bits per heavy atom. The molecule has 16 heavy (non-hydrogen) atoms. The van der Waals surface area contributed by atoms with E-state index in [1.54, 1.807) is 0 Å². The molecular weight excluding hydrogens is 222 g/mol. The van der Waals surface area contributed by atoms with Crippen molar-refractivity contribution in [3.05, 3.63) is 0 Å². The van der Waals surface area contributed by atoms with Gasteiger partial charge in [0.1, 0.15) is 9.84 Å². The highest BCUT2D eigenvalue weighted by Gasteiger charge is 2.46. The van der Waals surface area contributed by atoms with E-state index in [0.717, 1.165) is 25.7 Å². The van der Waals surface area contributed by atoms with Gasteiger partial charge in [0.2, 0.25) is 0 Å². The fourth-order valence-corrected chi connectivity index (χ4v) is 3.90. The van der Waals surface area contributed by atoms with Crippen LogP contribution in [0.2, 0.25) is 0 Å². The Hall–Kier alpha value is -0.0900. The molecule has 2 saturated carbocycles. The lowest BCUT2D eigenvalue weighted by Crippen LogP contribution is -2.40. The maximum absolute atomic E-state index is 11.5. The third-order valence-electron chi connectivity index (χ3n) is 4.18. The molecule has 2 rings (SSSR count). The minimum atomic E-state index is -2.84. The van der Waals surface area contributed by atoms with E-state index in [-0.39, 0.29) is 5.25 Å². The fraction of sp³-hybridized carbons (Fsp3) is 1.00. The quantitative estimate of drug-likeness (QED) is 0.823. The Labute approximate surface area is 98.9 Å². The molecule has 0 aliphatic heterocycles. The molecule has 1 N–H and O–H groups in total. The van der Waals surface area contributed by atoms with Crippen LogP contribution in [0.25, 0.3) is 0 Å². The van der Waals surface area contributed by atoms with Crippen LogP contribution in [-0.2, 0) is 9.84 Å². The minimum absolute atomic E-state index is 0.111. The zero-order chi connectivity index (χ0) is 12.0. The van der Waals surface area contributed by atoms with Gasteiger partial charge in [-0.25, -0.2) is 8.42 Å². The van der Waals surface area contributed by atoms with E-state index in [1.165, 1.54) is 12.7 Å². The van der Waals surface area contributed by atoms with Crippen molar-refractivity contribution in [2.45, 2.75) is 63.3 Å². The third-order valence-corrected chi connectivity index (χ3v) is 5.82. The normalized spacial score (nSPS) is 38.3. The lowest BCUT2D eigenvalue weighted by atomic mass is 9.94. The summed E-state index contributed by atoms with van der Waals surface area (Å²) in [5, 5.41) is 3.51. The molecule has 0 bridgehead atoms. The summed E-state index contributed by atoms with van der Waals surface area (Å²) in [7, 11) is -2.84. The monoisotopic (exact) mass is 245 g/mol. The second kappa shape index (κ2) is 3.98. The zero-order valence-corrected chi connectivity index (χ0v) is 11.3. The van der Waals surface area contributed by atoms with Crippen LogP contribution < -0.4 is 5.32 Å². The number of nitrogens with one attached hydrogen (secondary N) is 1. The van der Waals surface area contributed by atoms with Crippen LogP contribution in [0.4, 0.5) is 0 Å². The highest BCUT2D eigenvalue weighted by atomic mass is 32.2. The van der Waals surface area contributed by atoms with Gasteiger partial charge in [-0.3, -0.25) is 0 Å². The predicted octanol–water partition coefficient (Wildman–Crippen LogP) is 1.73. The van der Waals surface area contributed by atoms with Crippen molar-refractivity contribution in [3.8, 4) is 0 Å². The molecule has 2 fully saturated rings. The van der Waals surface area contributed by atoms with Crippen LogP contribution in [0.1, 0.15) is 46.0 Å². The van der Waals surface area contributed by atoms with Gasteiger partial charge in [0.05, 0.1) is 5.25 Å². The van der Waals surface area contributed by atoms with E-state index in [4.69, 9.17) is 0 Å². The molecule has 0 saturated heterocycles. The molecule has 0 aromatic rings. The average Bonchev–Trinajstić information content (AvgIpc) is 2.72. The summed E-state index contributed by atoms with van der Waals surface area (Å²) >= 11 is 0. The third kappa shape index (κ3) is 2.77. The highest BCUT2D eigenvalue weighted by molar-refractivity contribution is 7.91. The van der Waals surface area contributed by atoms with Crippen LogP contribution in [0.5, 0.6) is 0 Å². The van der Waals surface area contributed by atoms with Gasteiger partial charge in [-0.05, 0) is 31.1 Å². The topological polar surface area (TPSA) is 46.2 Å². The zero-order valence-electron chi connectivity index (χ0n) is 10.5. The van der Waals surface area contributed by atoms with Crippen molar-refractivity contribution in [1.82, 2.24) is 5.32 Å². The van der Waals surface area contributed by atoms with Crippen LogP contribution in [0.15, 0.2) is 0 Å². The van der Waals surface area contributed by atoms with Crippen molar-refractivity contribution >= 4 is 9.84 Å². The van der Waals surface area contributed by atoms with Gasteiger partial charge in [-0.15, -0.1) is 0 Å². The summed E-state index contributed by atoms with van der Waals surface area (Å²) in [5.74, 6) is 0. The molecule has 3 nitrogen and oxygen atoms in total. The van der Waals surface area contributed by atoms with E-state index in [0.29, 0.717) is 17.5 Å². The van der Waals surface area contributed by atoms with Crippen LogP contribution in [0.3, 0.4) is 0 Å². The second-order valence-corrected chi connectivity index (χ2v) is 8.55. The van der Waals surface area contributed by atoms with E-state index in [9.17, 15) is 8.42 Å².